The van der Waals surface area contributed by atoms with Crippen LogP contribution in [0.2, 0.25) is 0 Å². The summed E-state index contributed by atoms with van der Waals surface area (Å²) in [6.07, 6.45) is 3.19. The Labute approximate surface area is 92.1 Å². The van der Waals surface area contributed by atoms with Crippen LogP contribution in [0.25, 0.3) is 0 Å². The van der Waals surface area contributed by atoms with Crippen LogP contribution in [0.15, 0.2) is 42.7 Å². The van der Waals surface area contributed by atoms with Crippen LogP contribution in [0.3, 0.4) is 0 Å². The van der Waals surface area contributed by atoms with Crippen LogP contribution >= 0.6 is 0 Å². The first-order valence-corrected chi connectivity index (χ1v) is 4.76. The number of aromatic hydroxyl groups is 1. The number of pyridine rings is 1. The molecular weight excluding hydrogens is 209 g/mol. The lowest BCUT2D eigenvalue weighted by molar-refractivity contribution is 0.298. The van der Waals surface area contributed by atoms with Gasteiger partial charge in [-0.2, -0.15) is 0 Å². The number of nitrogens with zero attached hydrogens (tertiary/aromatic N) is 1. The highest BCUT2D eigenvalue weighted by molar-refractivity contribution is 5.27. The van der Waals surface area contributed by atoms with Gasteiger partial charge in [-0.05, 0) is 24.3 Å². The summed E-state index contributed by atoms with van der Waals surface area (Å²) < 4.78 is 18.6. The van der Waals surface area contributed by atoms with E-state index in [9.17, 15) is 4.39 Å². The van der Waals surface area contributed by atoms with Crippen LogP contribution in [0.1, 0.15) is 5.56 Å². The fourth-order valence-electron chi connectivity index (χ4n) is 1.25. The highest BCUT2D eigenvalue weighted by Crippen LogP contribution is 2.17. The molecular formula is C12H10FNO2. The van der Waals surface area contributed by atoms with Crippen molar-refractivity contribution in [2.45, 2.75) is 6.61 Å². The summed E-state index contributed by atoms with van der Waals surface area (Å²) in [4.78, 5) is 3.87. The summed E-state index contributed by atoms with van der Waals surface area (Å²) in [6, 6.07) is 7.45. The van der Waals surface area contributed by atoms with Gasteiger partial charge in [0, 0.05) is 17.8 Å². The Bertz CT molecular complexity index is 474. The van der Waals surface area contributed by atoms with E-state index in [1.54, 1.807) is 24.5 Å². The van der Waals surface area contributed by atoms with Crippen molar-refractivity contribution in [1.29, 1.82) is 0 Å². The molecule has 0 radical (unpaired) electrons. The maximum absolute atomic E-state index is 13.3. The summed E-state index contributed by atoms with van der Waals surface area (Å²) >= 11 is 0. The Morgan fingerprint density at radius 2 is 2.19 bits per heavy atom. The molecule has 0 spiro atoms. The molecule has 0 aliphatic heterocycles. The molecule has 0 unspecified atom stereocenters. The normalized spacial score (nSPS) is 10.1. The van der Waals surface area contributed by atoms with Gasteiger partial charge in [0.15, 0.2) is 0 Å². The summed E-state index contributed by atoms with van der Waals surface area (Å²) in [7, 11) is 0. The number of hydrogen-bond donors (Lipinski definition) is 1. The van der Waals surface area contributed by atoms with Crippen LogP contribution in [-0.4, -0.2) is 10.1 Å². The van der Waals surface area contributed by atoms with E-state index in [-0.39, 0.29) is 12.4 Å². The Hall–Kier alpha value is -2.10. The Morgan fingerprint density at radius 3 is 2.88 bits per heavy atom. The zero-order valence-corrected chi connectivity index (χ0v) is 8.43. The molecule has 0 aliphatic rings. The maximum Gasteiger partial charge on any atom is 0.138 e. The Kier molecular flexibility index (Phi) is 3.00. The van der Waals surface area contributed by atoms with Gasteiger partial charge in [0.25, 0.3) is 0 Å². The van der Waals surface area contributed by atoms with Crippen LogP contribution in [0.4, 0.5) is 4.39 Å². The number of hydrogen-bond acceptors (Lipinski definition) is 3. The highest BCUT2D eigenvalue weighted by Gasteiger charge is 2.03. The van der Waals surface area contributed by atoms with Gasteiger partial charge in [0.05, 0.1) is 6.20 Å². The second kappa shape index (κ2) is 4.61. The number of aromatic nitrogens is 1. The van der Waals surface area contributed by atoms with Crippen molar-refractivity contribution in [2.75, 3.05) is 0 Å². The van der Waals surface area contributed by atoms with E-state index in [1.165, 1.54) is 12.1 Å². The predicted molar refractivity (Wildman–Crippen MR) is 56.6 cm³/mol. The standard InChI is InChI=1S/C12H10FNO2/c13-12-6-10(15)4-3-9(12)8-16-11-2-1-5-14-7-11/h1-7,15H,8H2. The average molecular weight is 219 g/mol. The minimum Gasteiger partial charge on any atom is -0.508 e. The summed E-state index contributed by atoms with van der Waals surface area (Å²) in [5.41, 5.74) is 0.390. The molecule has 0 bridgehead atoms. The van der Waals surface area contributed by atoms with Gasteiger partial charge in [-0.15, -0.1) is 0 Å². The molecule has 2 rings (SSSR count). The van der Waals surface area contributed by atoms with Gasteiger partial charge in [-0.3, -0.25) is 4.98 Å². The zero-order chi connectivity index (χ0) is 11.4. The van der Waals surface area contributed by atoms with Crippen molar-refractivity contribution in [1.82, 2.24) is 4.98 Å². The van der Waals surface area contributed by atoms with Crippen molar-refractivity contribution in [2.24, 2.45) is 0 Å². The number of rotatable bonds is 3. The van der Waals surface area contributed by atoms with Crippen molar-refractivity contribution < 1.29 is 14.2 Å². The number of ether oxygens (including phenoxy) is 1. The number of phenolic OH excluding ortho intramolecular Hbond substituents is 1. The van der Waals surface area contributed by atoms with Gasteiger partial charge >= 0.3 is 0 Å². The minimum atomic E-state index is -0.483. The first kappa shape index (κ1) is 10.4. The molecule has 4 heteroatoms. The lowest BCUT2D eigenvalue weighted by Crippen LogP contribution is -1.98. The summed E-state index contributed by atoms with van der Waals surface area (Å²) in [5.74, 6) is 0.00138. The zero-order valence-electron chi connectivity index (χ0n) is 8.43. The number of benzene rings is 1. The molecule has 0 saturated heterocycles. The van der Waals surface area contributed by atoms with Crippen LogP contribution in [-0.2, 0) is 6.61 Å². The molecule has 3 nitrogen and oxygen atoms in total. The molecule has 1 heterocycles. The fourth-order valence-corrected chi connectivity index (χ4v) is 1.25. The van der Waals surface area contributed by atoms with Gasteiger partial charge < -0.3 is 9.84 Å². The molecule has 0 atom stereocenters. The molecule has 1 N–H and O–H groups in total. The first-order valence-electron chi connectivity index (χ1n) is 4.76. The average Bonchev–Trinajstić information content (AvgIpc) is 2.29. The Morgan fingerprint density at radius 1 is 1.31 bits per heavy atom. The third-order valence-electron chi connectivity index (χ3n) is 2.07. The minimum absolute atomic E-state index is 0.0948. The molecule has 82 valence electrons. The van der Waals surface area contributed by atoms with Crippen molar-refractivity contribution >= 4 is 0 Å². The summed E-state index contributed by atoms with van der Waals surface area (Å²) in [5, 5.41) is 9.03. The smallest absolute Gasteiger partial charge is 0.138 e. The van der Waals surface area contributed by atoms with Gasteiger partial charge in [-0.1, -0.05) is 0 Å². The quantitative estimate of drug-likeness (QED) is 0.862. The molecule has 16 heavy (non-hydrogen) atoms. The SMILES string of the molecule is Oc1ccc(COc2cccnc2)c(F)c1. The van der Waals surface area contributed by atoms with Crippen molar-refractivity contribution in [3.63, 3.8) is 0 Å². The van der Waals surface area contributed by atoms with Crippen LogP contribution in [0, 0.1) is 5.82 Å². The third-order valence-corrected chi connectivity index (χ3v) is 2.07. The molecule has 2 aromatic rings. The van der Waals surface area contributed by atoms with E-state index in [0.717, 1.165) is 6.07 Å². The number of halogens is 1. The molecule has 0 saturated carbocycles. The van der Waals surface area contributed by atoms with E-state index in [4.69, 9.17) is 9.84 Å². The third kappa shape index (κ3) is 2.48. The van der Waals surface area contributed by atoms with Gasteiger partial charge in [0.2, 0.25) is 0 Å². The number of phenols is 1. The van der Waals surface area contributed by atoms with Crippen molar-refractivity contribution in [3.8, 4) is 11.5 Å². The van der Waals surface area contributed by atoms with Crippen LogP contribution in [0.5, 0.6) is 11.5 Å². The van der Waals surface area contributed by atoms with Crippen LogP contribution < -0.4 is 4.74 Å². The predicted octanol–water partition coefficient (Wildman–Crippen LogP) is 2.51. The topological polar surface area (TPSA) is 42.4 Å². The monoisotopic (exact) mass is 219 g/mol. The van der Waals surface area contributed by atoms with E-state index < -0.39 is 5.82 Å². The molecule has 0 amide bonds. The van der Waals surface area contributed by atoms with E-state index in [1.807, 2.05) is 0 Å². The molecule has 0 aliphatic carbocycles. The maximum atomic E-state index is 13.3. The van der Waals surface area contributed by atoms with Crippen molar-refractivity contribution in [3.05, 3.63) is 54.1 Å². The first-order chi connectivity index (χ1) is 7.75. The van der Waals surface area contributed by atoms with Gasteiger partial charge in [0.1, 0.15) is 23.9 Å². The largest absolute Gasteiger partial charge is 0.508 e. The molecule has 1 aromatic heterocycles. The van der Waals surface area contributed by atoms with E-state index in [2.05, 4.69) is 4.98 Å². The van der Waals surface area contributed by atoms with Gasteiger partial charge in [-0.25, -0.2) is 4.39 Å². The highest BCUT2D eigenvalue weighted by atomic mass is 19.1. The Balaban J connectivity index is 2.05. The lowest BCUT2D eigenvalue weighted by atomic mass is 10.2. The second-order valence-electron chi connectivity index (χ2n) is 3.25. The second-order valence-corrected chi connectivity index (χ2v) is 3.25. The van der Waals surface area contributed by atoms with E-state index >= 15 is 0 Å². The fraction of sp³-hybridized carbons (Fsp3) is 0.0833. The summed E-state index contributed by atoms with van der Waals surface area (Å²) in [6.45, 7) is 0.109. The molecule has 0 fully saturated rings. The molecule has 1 aromatic carbocycles. The van der Waals surface area contributed by atoms with E-state index in [0.29, 0.717) is 11.3 Å². The lowest BCUT2D eigenvalue weighted by Gasteiger charge is -2.06.